The molecular formula is C28H32N2O4. The minimum atomic E-state index is -0.636. The Morgan fingerprint density at radius 3 is 2.41 bits per heavy atom. The van der Waals surface area contributed by atoms with Gasteiger partial charge in [0.1, 0.15) is 5.60 Å². The highest BCUT2D eigenvalue weighted by atomic mass is 16.6. The number of hydrogen-bond acceptors (Lipinski definition) is 4. The van der Waals surface area contributed by atoms with E-state index in [1.54, 1.807) is 17.0 Å². The van der Waals surface area contributed by atoms with Crippen molar-refractivity contribution in [3.05, 3.63) is 78.9 Å². The Bertz CT molecular complexity index is 1250. The standard InChI is InChI=1S/C28H32N2O4/c1-8-16-29-24-18-20(26(31)33-7)14-15-21(24)19(3)25(29)22-12-10-11-13-23(22)30(17-9-2)27(32)34-28(4,5)6/h8-15,18H,1-2,16-17H2,3-7H3. The molecule has 178 valence electrons. The number of carbonyl (C=O) groups is 2. The van der Waals surface area contributed by atoms with Gasteiger partial charge in [0.2, 0.25) is 0 Å². The van der Waals surface area contributed by atoms with Crippen LogP contribution in [0.1, 0.15) is 36.7 Å². The van der Waals surface area contributed by atoms with Gasteiger partial charge in [-0.25, -0.2) is 9.59 Å². The van der Waals surface area contributed by atoms with Crippen LogP contribution in [0, 0.1) is 6.92 Å². The molecule has 3 rings (SSSR count). The summed E-state index contributed by atoms with van der Waals surface area (Å²) in [5, 5.41) is 1.01. The summed E-state index contributed by atoms with van der Waals surface area (Å²) in [6.07, 6.45) is 3.04. The van der Waals surface area contributed by atoms with Crippen LogP contribution in [0.4, 0.5) is 10.5 Å². The van der Waals surface area contributed by atoms with Gasteiger partial charge in [-0.05, 0) is 51.5 Å². The van der Waals surface area contributed by atoms with E-state index in [9.17, 15) is 9.59 Å². The van der Waals surface area contributed by atoms with Crippen molar-refractivity contribution in [2.45, 2.75) is 39.8 Å². The van der Waals surface area contributed by atoms with Gasteiger partial charge in [-0.2, -0.15) is 0 Å². The van der Waals surface area contributed by atoms with Crippen LogP contribution < -0.4 is 4.90 Å². The van der Waals surface area contributed by atoms with E-state index in [-0.39, 0.29) is 0 Å². The summed E-state index contributed by atoms with van der Waals surface area (Å²) in [5.41, 5.74) is 4.26. The predicted octanol–water partition coefficient (Wildman–Crippen LogP) is 6.52. The average Bonchev–Trinajstić information content (AvgIpc) is 3.07. The van der Waals surface area contributed by atoms with Crippen LogP contribution in [0.15, 0.2) is 67.8 Å². The van der Waals surface area contributed by atoms with E-state index < -0.39 is 17.7 Å². The Morgan fingerprint density at radius 2 is 1.79 bits per heavy atom. The number of ether oxygens (including phenoxy) is 2. The number of anilines is 1. The molecule has 6 heteroatoms. The van der Waals surface area contributed by atoms with Gasteiger partial charge in [-0.15, -0.1) is 13.2 Å². The van der Waals surface area contributed by atoms with Gasteiger partial charge in [0.15, 0.2) is 0 Å². The number of nitrogens with zero attached hydrogens (tertiary/aromatic N) is 2. The molecule has 0 bridgehead atoms. The van der Waals surface area contributed by atoms with Gasteiger partial charge in [0.25, 0.3) is 0 Å². The predicted molar refractivity (Wildman–Crippen MR) is 137 cm³/mol. The van der Waals surface area contributed by atoms with Crippen LogP contribution >= 0.6 is 0 Å². The van der Waals surface area contributed by atoms with Gasteiger partial charge < -0.3 is 14.0 Å². The first kappa shape index (κ1) is 24.8. The molecule has 6 nitrogen and oxygen atoms in total. The second kappa shape index (κ2) is 10.00. The van der Waals surface area contributed by atoms with Crippen molar-refractivity contribution in [1.29, 1.82) is 0 Å². The number of para-hydroxylation sites is 1. The van der Waals surface area contributed by atoms with Gasteiger partial charge >= 0.3 is 12.1 Å². The Labute approximate surface area is 201 Å². The number of carbonyl (C=O) groups excluding carboxylic acids is 2. The van der Waals surface area contributed by atoms with E-state index >= 15 is 0 Å². The molecule has 0 saturated carbocycles. The van der Waals surface area contributed by atoms with Crippen molar-refractivity contribution < 1.29 is 19.1 Å². The number of esters is 1. The van der Waals surface area contributed by atoms with Crippen LogP contribution in [0.5, 0.6) is 0 Å². The fourth-order valence-electron chi connectivity index (χ4n) is 4.06. The molecule has 0 fully saturated rings. The normalized spacial score (nSPS) is 11.2. The van der Waals surface area contributed by atoms with E-state index in [2.05, 4.69) is 17.7 Å². The van der Waals surface area contributed by atoms with Crippen LogP contribution in [0.2, 0.25) is 0 Å². The van der Waals surface area contributed by atoms with Crippen molar-refractivity contribution in [1.82, 2.24) is 4.57 Å². The number of methoxy groups -OCH3 is 1. The summed E-state index contributed by atoms with van der Waals surface area (Å²) in [6.45, 7) is 16.1. The summed E-state index contributed by atoms with van der Waals surface area (Å²) >= 11 is 0. The third-order valence-electron chi connectivity index (χ3n) is 5.43. The minimum absolute atomic E-state index is 0.291. The summed E-state index contributed by atoms with van der Waals surface area (Å²) in [4.78, 5) is 26.9. The van der Waals surface area contributed by atoms with E-state index in [1.165, 1.54) is 7.11 Å². The van der Waals surface area contributed by atoms with Crippen molar-refractivity contribution in [3.63, 3.8) is 0 Å². The molecule has 2 aromatic carbocycles. The number of allylic oxidation sites excluding steroid dienone is 1. The smallest absolute Gasteiger partial charge is 0.415 e. The third-order valence-corrected chi connectivity index (χ3v) is 5.43. The van der Waals surface area contributed by atoms with Crippen molar-refractivity contribution in [3.8, 4) is 11.3 Å². The number of aromatic nitrogens is 1. The minimum Gasteiger partial charge on any atom is -0.465 e. The first-order valence-corrected chi connectivity index (χ1v) is 11.2. The van der Waals surface area contributed by atoms with Crippen molar-refractivity contribution in [2.24, 2.45) is 0 Å². The lowest BCUT2D eigenvalue weighted by Gasteiger charge is -2.28. The quantitative estimate of drug-likeness (QED) is 0.298. The van der Waals surface area contributed by atoms with Gasteiger partial charge in [0, 0.05) is 29.6 Å². The summed E-state index contributed by atoms with van der Waals surface area (Å²) in [7, 11) is 1.37. The molecule has 34 heavy (non-hydrogen) atoms. The first-order chi connectivity index (χ1) is 16.1. The maximum atomic E-state index is 13.1. The number of fused-ring (bicyclic) bond motifs is 1. The lowest BCUT2D eigenvalue weighted by Crippen LogP contribution is -2.37. The molecule has 0 aliphatic heterocycles. The molecular weight excluding hydrogens is 428 g/mol. The highest BCUT2D eigenvalue weighted by Crippen LogP contribution is 2.39. The molecule has 1 aromatic heterocycles. The van der Waals surface area contributed by atoms with Crippen LogP contribution in [0.25, 0.3) is 22.2 Å². The zero-order valence-electron chi connectivity index (χ0n) is 20.6. The number of benzene rings is 2. The molecule has 3 aromatic rings. The van der Waals surface area contributed by atoms with Gasteiger partial charge in [-0.1, -0.05) is 36.4 Å². The number of rotatable bonds is 7. The van der Waals surface area contributed by atoms with Crippen LogP contribution in [-0.4, -0.2) is 35.9 Å². The zero-order chi connectivity index (χ0) is 25.0. The Kier molecular flexibility index (Phi) is 7.30. The molecule has 0 aliphatic rings. The largest absolute Gasteiger partial charge is 0.465 e. The van der Waals surface area contributed by atoms with Crippen molar-refractivity contribution >= 4 is 28.7 Å². The molecule has 0 spiro atoms. The highest BCUT2D eigenvalue weighted by molar-refractivity contribution is 6.01. The number of hydrogen-bond donors (Lipinski definition) is 0. The van der Waals surface area contributed by atoms with E-state index in [0.29, 0.717) is 24.3 Å². The highest BCUT2D eigenvalue weighted by Gasteiger charge is 2.26. The molecule has 0 unspecified atom stereocenters. The van der Waals surface area contributed by atoms with Crippen LogP contribution in [-0.2, 0) is 16.0 Å². The Hall–Kier alpha value is -3.80. The van der Waals surface area contributed by atoms with Crippen LogP contribution in [0.3, 0.4) is 0 Å². The van der Waals surface area contributed by atoms with E-state index in [0.717, 1.165) is 27.7 Å². The molecule has 0 aliphatic carbocycles. The maximum absolute atomic E-state index is 13.1. The summed E-state index contributed by atoms with van der Waals surface area (Å²) in [6, 6.07) is 13.2. The SMILES string of the molecule is C=CCN(C(=O)OC(C)(C)C)c1ccccc1-c1c(C)c2ccc(C(=O)OC)cc2n1CC=C. The lowest BCUT2D eigenvalue weighted by atomic mass is 10.0. The average molecular weight is 461 g/mol. The fraction of sp³-hybridized carbons (Fsp3) is 0.286. The Morgan fingerprint density at radius 1 is 1.09 bits per heavy atom. The fourth-order valence-corrected chi connectivity index (χ4v) is 4.06. The molecule has 1 amide bonds. The first-order valence-electron chi connectivity index (χ1n) is 11.2. The number of amides is 1. The Balaban J connectivity index is 2.28. The zero-order valence-corrected chi connectivity index (χ0v) is 20.6. The van der Waals surface area contributed by atoms with E-state index in [4.69, 9.17) is 9.47 Å². The maximum Gasteiger partial charge on any atom is 0.415 e. The molecule has 1 heterocycles. The van der Waals surface area contributed by atoms with Gasteiger partial charge in [0.05, 0.1) is 24.1 Å². The number of aryl methyl sites for hydroxylation is 1. The lowest BCUT2D eigenvalue weighted by molar-refractivity contribution is 0.0580. The topological polar surface area (TPSA) is 60.8 Å². The molecule has 0 N–H and O–H groups in total. The summed E-state index contributed by atoms with van der Waals surface area (Å²) < 4.78 is 12.7. The molecule has 0 radical (unpaired) electrons. The third kappa shape index (κ3) is 4.91. The van der Waals surface area contributed by atoms with Gasteiger partial charge in [-0.3, -0.25) is 4.90 Å². The second-order valence-corrected chi connectivity index (χ2v) is 8.99. The summed E-state index contributed by atoms with van der Waals surface area (Å²) in [5.74, 6) is -0.394. The molecule has 0 saturated heterocycles. The van der Waals surface area contributed by atoms with E-state index in [1.807, 2.05) is 70.2 Å². The monoisotopic (exact) mass is 460 g/mol. The van der Waals surface area contributed by atoms with Crippen molar-refractivity contribution in [2.75, 3.05) is 18.6 Å². The molecule has 0 atom stereocenters. The second-order valence-electron chi connectivity index (χ2n) is 8.99.